The number of hydrogen-bond acceptors (Lipinski definition) is 4. The first-order chi connectivity index (χ1) is 15.4. The van der Waals surface area contributed by atoms with E-state index in [0.717, 1.165) is 5.69 Å². The molecule has 168 valence electrons. The van der Waals surface area contributed by atoms with Crippen LogP contribution in [0.1, 0.15) is 26.2 Å². The number of amides is 3. The average molecular weight is 439 g/mol. The van der Waals surface area contributed by atoms with Gasteiger partial charge in [-0.25, -0.2) is 4.39 Å². The lowest BCUT2D eigenvalue weighted by Gasteiger charge is -2.43. The zero-order valence-corrected chi connectivity index (χ0v) is 18.1. The smallest absolute Gasteiger partial charge is 0.250 e. The topological polar surface area (TPSA) is 73.0 Å². The van der Waals surface area contributed by atoms with Gasteiger partial charge in [-0.3, -0.25) is 14.4 Å². The standard InChI is InChI=1S/C24H27FN4O3/c1-2-22(31)27-14-12-24(13-15-27)23(32)28(17-29(24)20-6-4-3-5-7-20)16-21(30)26-19-10-8-18(25)9-11-19/h3-11H,2,12-17H2,1H3,(H,26,30). The van der Waals surface area contributed by atoms with Crippen molar-refractivity contribution in [1.82, 2.24) is 9.80 Å². The quantitative estimate of drug-likeness (QED) is 0.779. The number of piperidine rings is 1. The number of likely N-dealkylation sites (tertiary alicyclic amines) is 1. The molecule has 2 aliphatic rings. The van der Waals surface area contributed by atoms with Gasteiger partial charge in [-0.05, 0) is 49.2 Å². The lowest BCUT2D eigenvalue weighted by molar-refractivity contribution is -0.139. The number of halogens is 1. The van der Waals surface area contributed by atoms with Gasteiger partial charge < -0.3 is 20.0 Å². The second-order valence-corrected chi connectivity index (χ2v) is 8.23. The van der Waals surface area contributed by atoms with Crippen LogP contribution in [0.25, 0.3) is 0 Å². The molecule has 1 N–H and O–H groups in total. The van der Waals surface area contributed by atoms with E-state index >= 15 is 0 Å². The van der Waals surface area contributed by atoms with Crippen LogP contribution in [0.5, 0.6) is 0 Å². The van der Waals surface area contributed by atoms with E-state index in [1.54, 1.807) is 4.90 Å². The molecule has 0 atom stereocenters. The number of hydrogen-bond donors (Lipinski definition) is 1. The minimum Gasteiger partial charge on any atom is -0.343 e. The van der Waals surface area contributed by atoms with Crippen LogP contribution in [0.15, 0.2) is 54.6 Å². The molecule has 32 heavy (non-hydrogen) atoms. The van der Waals surface area contributed by atoms with E-state index in [1.165, 1.54) is 24.3 Å². The lowest BCUT2D eigenvalue weighted by atomic mass is 9.85. The predicted molar refractivity (Wildman–Crippen MR) is 119 cm³/mol. The molecule has 7 nitrogen and oxygen atoms in total. The molecule has 2 heterocycles. The first kappa shape index (κ1) is 21.8. The number of para-hydroxylation sites is 1. The highest BCUT2D eigenvalue weighted by molar-refractivity contribution is 5.99. The second-order valence-electron chi connectivity index (χ2n) is 8.23. The molecular weight excluding hydrogens is 411 g/mol. The Morgan fingerprint density at radius 1 is 1.03 bits per heavy atom. The van der Waals surface area contributed by atoms with Crippen LogP contribution in [0.2, 0.25) is 0 Å². The van der Waals surface area contributed by atoms with Crippen molar-refractivity contribution in [3.63, 3.8) is 0 Å². The molecule has 2 aliphatic heterocycles. The van der Waals surface area contributed by atoms with Gasteiger partial charge in [0.15, 0.2) is 0 Å². The minimum absolute atomic E-state index is 0.0899. The third-order valence-corrected chi connectivity index (χ3v) is 6.29. The fourth-order valence-electron chi connectivity index (χ4n) is 4.58. The van der Waals surface area contributed by atoms with Gasteiger partial charge >= 0.3 is 0 Å². The van der Waals surface area contributed by atoms with Gasteiger partial charge in [-0.2, -0.15) is 0 Å². The van der Waals surface area contributed by atoms with Crippen LogP contribution in [-0.2, 0) is 14.4 Å². The van der Waals surface area contributed by atoms with Crippen molar-refractivity contribution >= 4 is 29.1 Å². The van der Waals surface area contributed by atoms with Crippen molar-refractivity contribution in [3.05, 3.63) is 60.4 Å². The number of carbonyl (C=O) groups is 3. The Bertz CT molecular complexity index is 988. The zero-order chi connectivity index (χ0) is 22.7. The second kappa shape index (κ2) is 8.98. The van der Waals surface area contributed by atoms with Crippen LogP contribution < -0.4 is 10.2 Å². The monoisotopic (exact) mass is 438 g/mol. The van der Waals surface area contributed by atoms with E-state index in [2.05, 4.69) is 10.2 Å². The predicted octanol–water partition coefficient (Wildman–Crippen LogP) is 2.84. The maximum atomic E-state index is 13.6. The third-order valence-electron chi connectivity index (χ3n) is 6.29. The number of nitrogens with zero attached hydrogens (tertiary/aromatic N) is 3. The molecule has 0 saturated carbocycles. The first-order valence-electron chi connectivity index (χ1n) is 10.9. The fourth-order valence-corrected chi connectivity index (χ4v) is 4.58. The van der Waals surface area contributed by atoms with Crippen LogP contribution in [0.4, 0.5) is 15.8 Å². The molecule has 3 amide bonds. The summed E-state index contributed by atoms with van der Waals surface area (Å²) in [7, 11) is 0. The Balaban J connectivity index is 1.53. The zero-order valence-electron chi connectivity index (χ0n) is 18.1. The van der Waals surface area contributed by atoms with E-state index in [0.29, 0.717) is 44.7 Å². The van der Waals surface area contributed by atoms with Crippen molar-refractivity contribution in [2.45, 2.75) is 31.7 Å². The van der Waals surface area contributed by atoms with Gasteiger partial charge in [0, 0.05) is 30.9 Å². The Hall–Kier alpha value is -3.42. The Morgan fingerprint density at radius 2 is 1.69 bits per heavy atom. The lowest BCUT2D eigenvalue weighted by Crippen LogP contribution is -2.57. The highest BCUT2D eigenvalue weighted by Crippen LogP contribution is 2.39. The summed E-state index contributed by atoms with van der Waals surface area (Å²) in [5, 5.41) is 2.72. The van der Waals surface area contributed by atoms with Gasteiger partial charge in [0.2, 0.25) is 11.8 Å². The summed E-state index contributed by atoms with van der Waals surface area (Å²) in [5.41, 5.74) is 0.615. The number of nitrogens with one attached hydrogen (secondary N) is 1. The molecule has 2 saturated heterocycles. The SMILES string of the molecule is CCC(=O)N1CCC2(CC1)C(=O)N(CC(=O)Nc1ccc(F)cc1)CN2c1ccccc1. The molecule has 2 aromatic rings. The molecule has 8 heteroatoms. The molecular formula is C24H27FN4O3. The van der Waals surface area contributed by atoms with Crippen molar-refractivity contribution in [2.75, 3.05) is 36.5 Å². The van der Waals surface area contributed by atoms with Crippen molar-refractivity contribution < 1.29 is 18.8 Å². The minimum atomic E-state index is -0.776. The van der Waals surface area contributed by atoms with Crippen molar-refractivity contribution in [2.24, 2.45) is 0 Å². The van der Waals surface area contributed by atoms with Crippen LogP contribution in [0, 0.1) is 5.82 Å². The first-order valence-corrected chi connectivity index (χ1v) is 10.9. The van der Waals surface area contributed by atoms with Crippen LogP contribution in [0.3, 0.4) is 0 Å². The number of rotatable bonds is 5. The van der Waals surface area contributed by atoms with Gasteiger partial charge in [-0.1, -0.05) is 25.1 Å². The normalized spacial score (nSPS) is 17.7. The molecule has 4 rings (SSSR count). The Kier molecular flexibility index (Phi) is 6.12. The van der Waals surface area contributed by atoms with E-state index in [9.17, 15) is 18.8 Å². The van der Waals surface area contributed by atoms with E-state index < -0.39 is 5.54 Å². The average Bonchev–Trinajstić information content (AvgIpc) is 3.07. The Labute approximate surface area is 186 Å². The van der Waals surface area contributed by atoms with Crippen LogP contribution in [-0.4, -0.2) is 59.4 Å². The van der Waals surface area contributed by atoms with Gasteiger partial charge in [0.25, 0.3) is 5.91 Å². The fraction of sp³-hybridized carbons (Fsp3) is 0.375. The highest BCUT2D eigenvalue weighted by Gasteiger charge is 2.54. The van der Waals surface area contributed by atoms with Gasteiger partial charge in [-0.15, -0.1) is 0 Å². The number of carbonyl (C=O) groups excluding carboxylic acids is 3. The summed E-state index contributed by atoms with van der Waals surface area (Å²) in [4.78, 5) is 43.8. The maximum absolute atomic E-state index is 13.6. The summed E-state index contributed by atoms with van der Waals surface area (Å²) in [6, 6.07) is 15.2. The molecule has 2 aromatic carbocycles. The molecule has 0 aliphatic carbocycles. The number of anilines is 2. The number of benzene rings is 2. The summed E-state index contributed by atoms with van der Waals surface area (Å²) < 4.78 is 13.1. The molecule has 0 aromatic heterocycles. The maximum Gasteiger partial charge on any atom is 0.250 e. The van der Waals surface area contributed by atoms with Crippen molar-refractivity contribution in [1.29, 1.82) is 0 Å². The molecule has 0 unspecified atom stereocenters. The van der Waals surface area contributed by atoms with Crippen molar-refractivity contribution in [3.8, 4) is 0 Å². The van der Waals surface area contributed by atoms with E-state index in [4.69, 9.17) is 0 Å². The van der Waals surface area contributed by atoms with Crippen LogP contribution >= 0.6 is 0 Å². The Morgan fingerprint density at radius 3 is 2.31 bits per heavy atom. The summed E-state index contributed by atoms with van der Waals surface area (Å²) >= 11 is 0. The molecule has 0 bridgehead atoms. The summed E-state index contributed by atoms with van der Waals surface area (Å²) in [6.45, 7) is 3.06. The van der Waals surface area contributed by atoms with E-state index in [1.807, 2.05) is 42.2 Å². The van der Waals surface area contributed by atoms with Gasteiger partial charge in [0.1, 0.15) is 17.9 Å². The molecule has 1 spiro atoms. The molecule has 2 fully saturated rings. The third kappa shape index (κ3) is 4.17. The van der Waals surface area contributed by atoms with E-state index in [-0.39, 0.29) is 30.1 Å². The summed E-state index contributed by atoms with van der Waals surface area (Å²) in [6.07, 6.45) is 1.48. The van der Waals surface area contributed by atoms with Gasteiger partial charge in [0.05, 0.1) is 6.67 Å². The molecule has 0 radical (unpaired) electrons. The largest absolute Gasteiger partial charge is 0.343 e. The summed E-state index contributed by atoms with van der Waals surface area (Å²) in [5.74, 6) is -0.731. The highest BCUT2D eigenvalue weighted by atomic mass is 19.1.